The van der Waals surface area contributed by atoms with Crippen molar-refractivity contribution in [2.24, 2.45) is 5.92 Å². The highest BCUT2D eigenvalue weighted by Gasteiger charge is 2.53. The average molecular weight is 378 g/mol. The first-order valence-electron chi connectivity index (χ1n) is 10.8. The normalized spacial score (nSPS) is 29.0. The molecule has 2 bridgehead atoms. The van der Waals surface area contributed by atoms with E-state index in [0.717, 1.165) is 24.8 Å². The summed E-state index contributed by atoms with van der Waals surface area (Å²) >= 11 is 0. The van der Waals surface area contributed by atoms with Gasteiger partial charge in [-0.05, 0) is 73.5 Å². The molecule has 1 aliphatic heterocycles. The van der Waals surface area contributed by atoms with Crippen LogP contribution in [0, 0.1) is 5.92 Å². The van der Waals surface area contributed by atoms with Crippen LogP contribution >= 0.6 is 0 Å². The number of rotatable bonds is 5. The number of hydrogen-bond acceptors (Lipinski definition) is 4. The van der Waals surface area contributed by atoms with Gasteiger partial charge in [-0.25, -0.2) is 0 Å². The van der Waals surface area contributed by atoms with Crippen LogP contribution in [0.3, 0.4) is 0 Å². The Bertz CT molecular complexity index is 824. The number of methoxy groups -OCH3 is 1. The van der Waals surface area contributed by atoms with Gasteiger partial charge in [0.1, 0.15) is 0 Å². The highest BCUT2D eigenvalue weighted by atomic mass is 16.5. The van der Waals surface area contributed by atoms with Gasteiger partial charge >= 0.3 is 0 Å². The second-order valence-corrected chi connectivity index (χ2v) is 8.79. The van der Waals surface area contributed by atoms with Gasteiger partial charge in [-0.2, -0.15) is 0 Å². The fourth-order valence-electron chi connectivity index (χ4n) is 6.25. The van der Waals surface area contributed by atoms with Crippen molar-refractivity contribution in [1.29, 1.82) is 0 Å². The fourth-order valence-corrected chi connectivity index (χ4v) is 6.25. The van der Waals surface area contributed by atoms with Gasteiger partial charge in [0.15, 0.2) is 0 Å². The number of piperidine rings is 1. The van der Waals surface area contributed by atoms with Gasteiger partial charge in [-0.1, -0.05) is 18.9 Å². The van der Waals surface area contributed by atoms with Gasteiger partial charge < -0.3 is 10.1 Å². The summed E-state index contributed by atoms with van der Waals surface area (Å²) in [6.45, 7) is 3.13. The van der Waals surface area contributed by atoms with E-state index in [1.54, 1.807) is 11.1 Å². The monoisotopic (exact) mass is 377 g/mol. The van der Waals surface area contributed by atoms with Crippen molar-refractivity contribution in [2.45, 2.75) is 50.0 Å². The van der Waals surface area contributed by atoms with E-state index in [0.29, 0.717) is 11.5 Å². The first kappa shape index (κ1) is 18.1. The molecule has 2 fully saturated rings. The van der Waals surface area contributed by atoms with E-state index in [4.69, 9.17) is 4.74 Å². The zero-order valence-electron chi connectivity index (χ0n) is 16.9. The number of benzene rings is 1. The van der Waals surface area contributed by atoms with Gasteiger partial charge in [-0.3, -0.25) is 9.88 Å². The molecule has 3 aliphatic rings. The van der Waals surface area contributed by atoms with E-state index < -0.39 is 0 Å². The molecule has 2 aliphatic carbocycles. The van der Waals surface area contributed by atoms with Crippen molar-refractivity contribution in [1.82, 2.24) is 9.88 Å². The maximum atomic E-state index is 5.40. The summed E-state index contributed by atoms with van der Waals surface area (Å²) in [5.74, 6) is 0.801. The zero-order chi connectivity index (χ0) is 19.0. The van der Waals surface area contributed by atoms with Gasteiger partial charge in [-0.15, -0.1) is 0 Å². The molecule has 0 amide bonds. The van der Waals surface area contributed by atoms with Crippen LogP contribution in [0.1, 0.15) is 43.2 Å². The van der Waals surface area contributed by atoms with Crippen LogP contribution in [0.5, 0.6) is 0 Å². The van der Waals surface area contributed by atoms with Gasteiger partial charge in [0.05, 0.1) is 6.61 Å². The van der Waals surface area contributed by atoms with Crippen LogP contribution in [-0.2, 0) is 16.6 Å². The summed E-state index contributed by atoms with van der Waals surface area (Å²) in [5, 5.41) is 3.59. The molecule has 5 rings (SSSR count). The predicted molar refractivity (Wildman–Crippen MR) is 113 cm³/mol. The third kappa shape index (κ3) is 3.03. The molecule has 1 saturated heterocycles. The van der Waals surface area contributed by atoms with Gasteiger partial charge in [0.2, 0.25) is 0 Å². The third-order valence-corrected chi connectivity index (χ3v) is 7.50. The Morgan fingerprint density at radius 1 is 1.14 bits per heavy atom. The van der Waals surface area contributed by atoms with Crippen LogP contribution in [-0.4, -0.2) is 42.7 Å². The first-order valence-corrected chi connectivity index (χ1v) is 10.8. The van der Waals surface area contributed by atoms with Crippen molar-refractivity contribution in [3.63, 3.8) is 0 Å². The van der Waals surface area contributed by atoms with E-state index >= 15 is 0 Å². The second kappa shape index (κ2) is 7.49. The molecule has 2 aromatic rings. The van der Waals surface area contributed by atoms with Crippen molar-refractivity contribution < 1.29 is 4.74 Å². The number of hydrogen-bond donors (Lipinski definition) is 1. The topological polar surface area (TPSA) is 37.4 Å². The molecule has 0 radical (unpaired) electrons. The Hall–Kier alpha value is -1.91. The lowest BCUT2D eigenvalue weighted by molar-refractivity contribution is -0.0205. The fraction of sp³-hybridized carbons (Fsp3) is 0.542. The van der Waals surface area contributed by atoms with Crippen molar-refractivity contribution in [3.05, 3.63) is 53.9 Å². The smallest absolute Gasteiger partial charge is 0.0589 e. The zero-order valence-corrected chi connectivity index (χ0v) is 16.9. The molecule has 4 nitrogen and oxygen atoms in total. The summed E-state index contributed by atoms with van der Waals surface area (Å²) < 4.78 is 5.40. The molecule has 1 aromatic carbocycles. The molecule has 2 heterocycles. The molecule has 1 aromatic heterocycles. The Balaban J connectivity index is 1.50. The standard InChI is InChI=1S/C24H31N3O/c1-28-15-14-27-13-10-24-9-3-2-4-21(24)23(27)16-18-5-6-20(17-22(18)24)26-19-7-11-25-12-8-19/h5-8,11-12,17,21,23H,2-4,9-10,13-16H2,1H3,(H,25,26)/t21-,23+,24?/m0/s1. The minimum Gasteiger partial charge on any atom is -0.383 e. The molecule has 28 heavy (non-hydrogen) atoms. The minimum absolute atomic E-state index is 0.385. The SMILES string of the molecule is COCCN1CCC23CCCC[C@H]2[C@H]1Cc1ccc(Nc2ccncc2)cc13. The van der Waals surface area contributed by atoms with Crippen LogP contribution < -0.4 is 5.32 Å². The van der Waals surface area contributed by atoms with Crippen LogP contribution in [0.4, 0.5) is 11.4 Å². The van der Waals surface area contributed by atoms with Crippen LogP contribution in [0.15, 0.2) is 42.7 Å². The Morgan fingerprint density at radius 3 is 2.89 bits per heavy atom. The van der Waals surface area contributed by atoms with Crippen LogP contribution in [0.25, 0.3) is 0 Å². The first-order chi connectivity index (χ1) is 13.8. The van der Waals surface area contributed by atoms with E-state index in [9.17, 15) is 0 Å². The van der Waals surface area contributed by atoms with Crippen molar-refractivity contribution in [2.75, 3.05) is 32.1 Å². The highest BCUT2D eigenvalue weighted by molar-refractivity contribution is 5.62. The largest absolute Gasteiger partial charge is 0.383 e. The van der Waals surface area contributed by atoms with Crippen molar-refractivity contribution >= 4 is 11.4 Å². The van der Waals surface area contributed by atoms with Crippen LogP contribution in [0.2, 0.25) is 0 Å². The molecule has 0 spiro atoms. The number of aromatic nitrogens is 1. The number of nitrogens with zero attached hydrogens (tertiary/aromatic N) is 2. The maximum Gasteiger partial charge on any atom is 0.0589 e. The molecule has 3 atom stereocenters. The highest BCUT2D eigenvalue weighted by Crippen LogP contribution is 2.56. The summed E-state index contributed by atoms with van der Waals surface area (Å²) in [5.41, 5.74) is 5.92. The van der Waals surface area contributed by atoms with Gasteiger partial charge in [0, 0.05) is 48.9 Å². The number of pyridine rings is 1. The quantitative estimate of drug-likeness (QED) is 0.831. The lowest BCUT2D eigenvalue weighted by Gasteiger charge is -2.59. The summed E-state index contributed by atoms with van der Waals surface area (Å²) in [7, 11) is 1.82. The number of fused-ring (bicyclic) bond motifs is 1. The maximum absolute atomic E-state index is 5.40. The molecule has 1 unspecified atom stereocenters. The average Bonchev–Trinajstić information content (AvgIpc) is 2.74. The Kier molecular flexibility index (Phi) is 4.85. The molecule has 1 N–H and O–H groups in total. The summed E-state index contributed by atoms with van der Waals surface area (Å²) in [4.78, 5) is 6.85. The Morgan fingerprint density at radius 2 is 2.04 bits per heavy atom. The molecule has 1 saturated carbocycles. The lowest BCUT2D eigenvalue weighted by Crippen LogP contribution is -2.61. The summed E-state index contributed by atoms with van der Waals surface area (Å²) in [6.07, 6.45) is 11.7. The number of ether oxygens (including phenoxy) is 1. The molecule has 4 heteroatoms. The second-order valence-electron chi connectivity index (χ2n) is 8.79. The number of likely N-dealkylation sites (tertiary alicyclic amines) is 1. The molecular weight excluding hydrogens is 346 g/mol. The number of nitrogens with one attached hydrogen (secondary N) is 1. The third-order valence-electron chi connectivity index (χ3n) is 7.50. The summed E-state index contributed by atoms with van der Waals surface area (Å²) in [6, 6.07) is 11.9. The molecule has 148 valence electrons. The van der Waals surface area contributed by atoms with Crippen molar-refractivity contribution in [3.8, 4) is 0 Å². The van der Waals surface area contributed by atoms with E-state index in [1.807, 2.05) is 31.6 Å². The predicted octanol–water partition coefficient (Wildman–Crippen LogP) is 4.53. The number of anilines is 2. The van der Waals surface area contributed by atoms with E-state index in [-0.39, 0.29) is 0 Å². The van der Waals surface area contributed by atoms with E-state index in [2.05, 4.69) is 33.4 Å². The minimum atomic E-state index is 0.385. The van der Waals surface area contributed by atoms with Gasteiger partial charge in [0.25, 0.3) is 0 Å². The van der Waals surface area contributed by atoms with E-state index in [1.165, 1.54) is 50.8 Å². The Labute approximate surface area is 168 Å². The lowest BCUT2D eigenvalue weighted by atomic mass is 9.52. The molecular formula is C24H31N3O.